The van der Waals surface area contributed by atoms with Gasteiger partial charge in [0.15, 0.2) is 11.5 Å². The lowest BCUT2D eigenvalue weighted by Gasteiger charge is -2.36. The minimum Gasteiger partial charge on any atom is -0.493 e. The number of rotatable bonds is 5. The fourth-order valence-corrected chi connectivity index (χ4v) is 3.36. The van der Waals surface area contributed by atoms with Crippen molar-refractivity contribution in [3.63, 3.8) is 0 Å². The van der Waals surface area contributed by atoms with E-state index in [2.05, 4.69) is 4.90 Å². The predicted octanol–water partition coefficient (Wildman–Crippen LogP) is 4.10. The minimum atomic E-state index is 0.00939. The summed E-state index contributed by atoms with van der Waals surface area (Å²) in [6.45, 7) is 6.79. The first-order chi connectivity index (χ1) is 13.0. The molecule has 1 heterocycles. The first kappa shape index (κ1) is 19.4. The Balaban J connectivity index is 1.67. The van der Waals surface area contributed by atoms with Crippen molar-refractivity contribution in [2.24, 2.45) is 0 Å². The van der Waals surface area contributed by atoms with Crippen molar-refractivity contribution >= 4 is 23.2 Å². The predicted molar refractivity (Wildman–Crippen MR) is 108 cm³/mol. The van der Waals surface area contributed by atoms with Gasteiger partial charge in [0, 0.05) is 42.5 Å². The Hall–Kier alpha value is -2.40. The Morgan fingerprint density at radius 3 is 2.41 bits per heavy atom. The second-order valence-corrected chi connectivity index (χ2v) is 7.23. The van der Waals surface area contributed by atoms with Crippen LogP contribution in [0, 0.1) is 0 Å². The number of hydrogen-bond donors (Lipinski definition) is 0. The maximum Gasteiger partial charge on any atom is 0.254 e. The average Bonchev–Trinajstić information content (AvgIpc) is 2.67. The number of carbonyl (C=O) groups excluding carboxylic acids is 1. The molecule has 0 aliphatic carbocycles. The highest BCUT2D eigenvalue weighted by Crippen LogP contribution is 2.30. The van der Waals surface area contributed by atoms with Crippen LogP contribution < -0.4 is 14.4 Å². The first-order valence-electron chi connectivity index (χ1n) is 9.12. The monoisotopic (exact) mass is 388 g/mol. The van der Waals surface area contributed by atoms with Gasteiger partial charge in [0.2, 0.25) is 0 Å². The molecule has 5 nitrogen and oxygen atoms in total. The summed E-state index contributed by atoms with van der Waals surface area (Å²) < 4.78 is 11.1. The van der Waals surface area contributed by atoms with Crippen LogP contribution in [0.15, 0.2) is 42.5 Å². The van der Waals surface area contributed by atoms with E-state index in [4.69, 9.17) is 21.1 Å². The van der Waals surface area contributed by atoms with Gasteiger partial charge >= 0.3 is 0 Å². The van der Waals surface area contributed by atoms with E-state index in [1.807, 2.05) is 43.0 Å². The topological polar surface area (TPSA) is 42.0 Å². The highest BCUT2D eigenvalue weighted by molar-refractivity contribution is 6.30. The van der Waals surface area contributed by atoms with E-state index in [0.29, 0.717) is 30.2 Å². The second-order valence-electron chi connectivity index (χ2n) is 6.79. The molecule has 1 aliphatic heterocycles. The molecule has 1 aliphatic rings. The molecule has 0 aromatic heterocycles. The summed E-state index contributed by atoms with van der Waals surface area (Å²) in [5.41, 5.74) is 1.70. The van der Waals surface area contributed by atoms with Crippen LogP contribution >= 0.6 is 11.6 Å². The average molecular weight is 389 g/mol. The van der Waals surface area contributed by atoms with Gasteiger partial charge in [-0.15, -0.1) is 0 Å². The molecule has 2 aromatic rings. The maximum absolute atomic E-state index is 12.9. The third kappa shape index (κ3) is 4.66. The van der Waals surface area contributed by atoms with Crippen molar-refractivity contribution in [2.45, 2.75) is 20.0 Å². The molecule has 0 spiro atoms. The number of nitrogens with zero attached hydrogens (tertiary/aromatic N) is 2. The Labute approximate surface area is 165 Å². The van der Waals surface area contributed by atoms with Crippen molar-refractivity contribution in [3.05, 3.63) is 53.1 Å². The van der Waals surface area contributed by atoms with Crippen LogP contribution in [0.4, 0.5) is 5.69 Å². The van der Waals surface area contributed by atoms with Crippen LogP contribution in [0.5, 0.6) is 11.5 Å². The standard InChI is InChI=1S/C21H25ClN2O3/c1-15(2)27-19-8-7-16(13-20(19)26-3)21(25)24-11-9-23(10-12-24)18-6-4-5-17(22)14-18/h4-8,13-15H,9-12H2,1-3H3. The molecule has 144 valence electrons. The van der Waals surface area contributed by atoms with Crippen molar-refractivity contribution in [2.75, 3.05) is 38.2 Å². The quantitative estimate of drug-likeness (QED) is 0.773. The Morgan fingerprint density at radius 2 is 1.78 bits per heavy atom. The lowest BCUT2D eigenvalue weighted by molar-refractivity contribution is 0.0746. The number of ether oxygens (including phenoxy) is 2. The van der Waals surface area contributed by atoms with Crippen LogP contribution in [0.3, 0.4) is 0 Å². The van der Waals surface area contributed by atoms with Crippen molar-refractivity contribution in [3.8, 4) is 11.5 Å². The van der Waals surface area contributed by atoms with Crippen molar-refractivity contribution in [1.82, 2.24) is 4.90 Å². The summed E-state index contributed by atoms with van der Waals surface area (Å²) >= 11 is 6.08. The molecular formula is C21H25ClN2O3. The largest absolute Gasteiger partial charge is 0.493 e. The van der Waals surface area contributed by atoms with Gasteiger partial charge < -0.3 is 19.3 Å². The number of amides is 1. The van der Waals surface area contributed by atoms with E-state index >= 15 is 0 Å². The number of anilines is 1. The lowest BCUT2D eigenvalue weighted by Crippen LogP contribution is -2.48. The van der Waals surface area contributed by atoms with E-state index in [1.165, 1.54) is 0 Å². The van der Waals surface area contributed by atoms with E-state index < -0.39 is 0 Å². The van der Waals surface area contributed by atoms with Crippen LogP contribution in [0.1, 0.15) is 24.2 Å². The molecule has 2 aromatic carbocycles. The fourth-order valence-electron chi connectivity index (χ4n) is 3.18. The molecular weight excluding hydrogens is 364 g/mol. The van der Waals surface area contributed by atoms with Gasteiger partial charge in [0.25, 0.3) is 5.91 Å². The summed E-state index contributed by atoms with van der Waals surface area (Å²) in [7, 11) is 1.58. The number of halogens is 1. The van der Waals surface area contributed by atoms with Crippen LogP contribution in [-0.4, -0.2) is 50.2 Å². The molecule has 27 heavy (non-hydrogen) atoms. The fraction of sp³-hybridized carbons (Fsp3) is 0.381. The number of carbonyl (C=O) groups is 1. The Morgan fingerprint density at radius 1 is 1.04 bits per heavy atom. The van der Waals surface area contributed by atoms with E-state index in [0.717, 1.165) is 23.8 Å². The summed E-state index contributed by atoms with van der Waals surface area (Å²) in [5.74, 6) is 1.23. The van der Waals surface area contributed by atoms with E-state index in [9.17, 15) is 4.79 Å². The molecule has 0 atom stereocenters. The van der Waals surface area contributed by atoms with Gasteiger partial charge in [-0.05, 0) is 50.2 Å². The van der Waals surface area contributed by atoms with E-state index in [1.54, 1.807) is 25.3 Å². The number of benzene rings is 2. The molecule has 0 N–H and O–H groups in total. The molecule has 3 rings (SSSR count). The van der Waals surface area contributed by atoms with E-state index in [-0.39, 0.29) is 12.0 Å². The SMILES string of the molecule is COc1cc(C(=O)N2CCN(c3cccc(Cl)c3)CC2)ccc1OC(C)C. The van der Waals surface area contributed by atoms with Gasteiger partial charge in [-0.1, -0.05) is 17.7 Å². The summed E-state index contributed by atoms with van der Waals surface area (Å²) in [6, 6.07) is 13.2. The normalized spacial score (nSPS) is 14.4. The first-order valence-corrected chi connectivity index (χ1v) is 9.50. The molecule has 0 unspecified atom stereocenters. The summed E-state index contributed by atoms with van der Waals surface area (Å²) in [6.07, 6.45) is 0.0417. The highest BCUT2D eigenvalue weighted by Gasteiger charge is 2.23. The molecule has 1 amide bonds. The minimum absolute atomic E-state index is 0.00939. The summed E-state index contributed by atoms with van der Waals surface area (Å²) in [5, 5.41) is 0.724. The zero-order valence-electron chi connectivity index (χ0n) is 15.9. The molecule has 1 saturated heterocycles. The lowest BCUT2D eigenvalue weighted by atomic mass is 10.1. The summed E-state index contributed by atoms with van der Waals surface area (Å²) in [4.78, 5) is 17.0. The van der Waals surface area contributed by atoms with Crippen LogP contribution in [-0.2, 0) is 0 Å². The number of methoxy groups -OCH3 is 1. The Kier molecular flexibility index (Phi) is 6.11. The number of hydrogen-bond acceptors (Lipinski definition) is 4. The second kappa shape index (κ2) is 8.53. The molecule has 0 saturated carbocycles. The highest BCUT2D eigenvalue weighted by atomic mass is 35.5. The third-order valence-corrected chi connectivity index (χ3v) is 4.75. The van der Waals surface area contributed by atoms with Crippen LogP contribution in [0.2, 0.25) is 5.02 Å². The number of piperazine rings is 1. The molecule has 0 radical (unpaired) electrons. The zero-order valence-corrected chi connectivity index (χ0v) is 16.7. The molecule has 0 bridgehead atoms. The Bertz CT molecular complexity index is 802. The zero-order chi connectivity index (χ0) is 19.4. The van der Waals surface area contributed by atoms with Crippen LogP contribution in [0.25, 0.3) is 0 Å². The molecule has 1 fully saturated rings. The smallest absolute Gasteiger partial charge is 0.254 e. The van der Waals surface area contributed by atoms with Gasteiger partial charge in [-0.25, -0.2) is 0 Å². The third-order valence-electron chi connectivity index (χ3n) is 4.51. The van der Waals surface area contributed by atoms with Gasteiger partial charge in [0.1, 0.15) is 0 Å². The van der Waals surface area contributed by atoms with Gasteiger partial charge in [0.05, 0.1) is 13.2 Å². The van der Waals surface area contributed by atoms with Crippen molar-refractivity contribution < 1.29 is 14.3 Å². The van der Waals surface area contributed by atoms with Gasteiger partial charge in [-0.2, -0.15) is 0 Å². The molecule has 6 heteroatoms. The van der Waals surface area contributed by atoms with Crippen molar-refractivity contribution in [1.29, 1.82) is 0 Å². The van der Waals surface area contributed by atoms with Gasteiger partial charge in [-0.3, -0.25) is 4.79 Å². The maximum atomic E-state index is 12.9.